The highest BCUT2D eigenvalue weighted by Crippen LogP contribution is 2.26. The SMILES string of the molecule is COC(=O)CC1[C@H](OCc2ccccc2)[C@@H](OCc2ccccc2)[C@H](OCc2ccccc2)C=[N+]1[O-]. The van der Waals surface area contributed by atoms with Crippen LogP contribution in [0.15, 0.2) is 91.0 Å². The van der Waals surface area contributed by atoms with Gasteiger partial charge in [-0.3, -0.25) is 4.79 Å². The molecule has 1 aliphatic rings. The Kier molecular flexibility index (Phi) is 9.21. The molecule has 3 aromatic rings. The van der Waals surface area contributed by atoms with Crippen LogP contribution < -0.4 is 0 Å². The minimum atomic E-state index is -0.821. The zero-order valence-corrected chi connectivity index (χ0v) is 20.3. The van der Waals surface area contributed by atoms with Gasteiger partial charge in [0.05, 0.1) is 26.9 Å². The highest BCUT2D eigenvalue weighted by molar-refractivity contribution is 5.70. The summed E-state index contributed by atoms with van der Waals surface area (Å²) < 4.78 is 24.5. The van der Waals surface area contributed by atoms with E-state index in [1.807, 2.05) is 91.0 Å². The van der Waals surface area contributed by atoms with E-state index in [4.69, 9.17) is 18.9 Å². The van der Waals surface area contributed by atoms with Gasteiger partial charge in [0.2, 0.25) is 6.04 Å². The first-order valence-electron chi connectivity index (χ1n) is 12.0. The molecule has 0 amide bonds. The largest absolute Gasteiger partial charge is 0.624 e. The normalized spacial score (nSPS) is 21.5. The minimum absolute atomic E-state index is 0.132. The van der Waals surface area contributed by atoms with Gasteiger partial charge in [-0.2, -0.15) is 0 Å². The predicted octanol–water partition coefficient (Wildman–Crippen LogP) is 4.27. The summed E-state index contributed by atoms with van der Waals surface area (Å²) in [6.07, 6.45) is -0.740. The van der Waals surface area contributed by atoms with E-state index in [0.717, 1.165) is 21.4 Å². The van der Waals surface area contributed by atoms with Gasteiger partial charge in [-0.05, 0) is 16.7 Å². The molecular weight excluding hydrogens is 458 g/mol. The molecule has 1 aliphatic heterocycles. The first-order valence-corrected chi connectivity index (χ1v) is 12.0. The van der Waals surface area contributed by atoms with Crippen molar-refractivity contribution in [3.8, 4) is 0 Å². The summed E-state index contributed by atoms with van der Waals surface area (Å²) in [6, 6.07) is 28.3. The Hall–Kier alpha value is -3.52. The molecule has 36 heavy (non-hydrogen) atoms. The fourth-order valence-electron chi connectivity index (χ4n) is 4.18. The number of rotatable bonds is 11. The van der Waals surface area contributed by atoms with E-state index in [9.17, 15) is 10.0 Å². The topological polar surface area (TPSA) is 80.1 Å². The summed E-state index contributed by atoms with van der Waals surface area (Å²) in [5, 5.41) is 13.1. The summed E-state index contributed by atoms with van der Waals surface area (Å²) in [5.41, 5.74) is 2.91. The quantitative estimate of drug-likeness (QED) is 0.227. The lowest BCUT2D eigenvalue weighted by atomic mass is 9.95. The van der Waals surface area contributed by atoms with Crippen LogP contribution >= 0.6 is 0 Å². The van der Waals surface area contributed by atoms with Crippen LogP contribution in [0.1, 0.15) is 23.1 Å². The van der Waals surface area contributed by atoms with Crippen molar-refractivity contribution in [2.75, 3.05) is 7.11 Å². The minimum Gasteiger partial charge on any atom is -0.624 e. The van der Waals surface area contributed by atoms with Gasteiger partial charge in [-0.15, -0.1) is 0 Å². The van der Waals surface area contributed by atoms with Gasteiger partial charge in [0.1, 0.15) is 12.5 Å². The molecule has 4 atom stereocenters. The maximum atomic E-state index is 13.1. The molecule has 0 bridgehead atoms. The predicted molar refractivity (Wildman–Crippen MR) is 135 cm³/mol. The van der Waals surface area contributed by atoms with E-state index >= 15 is 0 Å². The Labute approximate surface area is 211 Å². The number of benzene rings is 3. The molecule has 0 aromatic heterocycles. The molecular formula is C29H31NO6. The Morgan fingerprint density at radius 2 is 1.17 bits per heavy atom. The molecule has 1 heterocycles. The summed E-state index contributed by atoms with van der Waals surface area (Å²) in [7, 11) is 1.30. The Morgan fingerprint density at radius 1 is 0.722 bits per heavy atom. The van der Waals surface area contributed by atoms with Crippen LogP contribution in [0.2, 0.25) is 0 Å². The van der Waals surface area contributed by atoms with Crippen LogP contribution in [-0.4, -0.2) is 48.4 Å². The zero-order valence-electron chi connectivity index (χ0n) is 20.3. The second-order valence-corrected chi connectivity index (χ2v) is 8.64. The molecule has 4 rings (SSSR count). The Balaban J connectivity index is 1.60. The lowest BCUT2D eigenvalue weighted by molar-refractivity contribution is -0.526. The molecule has 0 saturated heterocycles. The van der Waals surface area contributed by atoms with Gasteiger partial charge in [-0.1, -0.05) is 91.0 Å². The maximum Gasteiger partial charge on any atom is 0.312 e. The zero-order chi connectivity index (χ0) is 25.2. The van der Waals surface area contributed by atoms with Crippen molar-refractivity contribution in [2.45, 2.75) is 50.6 Å². The Morgan fingerprint density at radius 3 is 1.64 bits per heavy atom. The van der Waals surface area contributed by atoms with E-state index in [0.29, 0.717) is 13.2 Å². The molecule has 0 saturated carbocycles. The van der Waals surface area contributed by atoms with Crippen molar-refractivity contribution in [1.29, 1.82) is 0 Å². The molecule has 0 N–H and O–H groups in total. The smallest absolute Gasteiger partial charge is 0.312 e. The lowest BCUT2D eigenvalue weighted by Gasteiger charge is -2.38. The lowest BCUT2D eigenvalue weighted by Crippen LogP contribution is -2.57. The van der Waals surface area contributed by atoms with Crippen molar-refractivity contribution in [1.82, 2.24) is 0 Å². The first kappa shape index (κ1) is 25.6. The Bertz CT molecular complexity index is 1110. The second kappa shape index (κ2) is 13.0. The van der Waals surface area contributed by atoms with E-state index < -0.39 is 30.3 Å². The van der Waals surface area contributed by atoms with Crippen molar-refractivity contribution in [3.63, 3.8) is 0 Å². The number of ether oxygens (including phenoxy) is 4. The number of hydrogen-bond donors (Lipinski definition) is 0. The molecule has 1 unspecified atom stereocenters. The highest BCUT2D eigenvalue weighted by atomic mass is 16.6. The molecule has 188 valence electrons. The van der Waals surface area contributed by atoms with Crippen LogP contribution in [0, 0.1) is 5.21 Å². The van der Waals surface area contributed by atoms with Crippen molar-refractivity contribution < 1.29 is 28.5 Å². The first-order chi connectivity index (χ1) is 17.6. The third-order valence-electron chi connectivity index (χ3n) is 6.11. The van der Waals surface area contributed by atoms with Gasteiger partial charge < -0.3 is 24.2 Å². The van der Waals surface area contributed by atoms with Crippen LogP contribution in [0.25, 0.3) is 0 Å². The molecule has 7 nitrogen and oxygen atoms in total. The summed E-state index contributed by atoms with van der Waals surface area (Å²) in [5.74, 6) is -0.493. The van der Waals surface area contributed by atoms with Crippen molar-refractivity contribution in [3.05, 3.63) is 113 Å². The molecule has 3 aromatic carbocycles. The van der Waals surface area contributed by atoms with Gasteiger partial charge in [-0.25, -0.2) is 4.74 Å². The van der Waals surface area contributed by atoms with Crippen LogP contribution in [0.3, 0.4) is 0 Å². The number of esters is 1. The van der Waals surface area contributed by atoms with Crippen molar-refractivity contribution in [2.24, 2.45) is 0 Å². The van der Waals surface area contributed by atoms with Crippen molar-refractivity contribution >= 4 is 12.2 Å². The fourth-order valence-corrected chi connectivity index (χ4v) is 4.18. The standard InChI is InChI=1S/C29H31NO6/c1-33-27(31)17-25-28(35-20-23-13-7-3-8-14-23)29(36-21-24-15-9-4-10-16-24)26(18-30(25)32)34-19-22-11-5-2-6-12-22/h2-16,18,25-26,28-29H,17,19-21H2,1H3/t25?,26-,28+,29+/m1/s1. The number of nitrogens with zero attached hydrogens (tertiary/aromatic N) is 1. The van der Waals surface area contributed by atoms with Crippen LogP contribution in [0.4, 0.5) is 0 Å². The summed E-state index contributed by atoms with van der Waals surface area (Å²) in [4.78, 5) is 12.2. The third-order valence-corrected chi connectivity index (χ3v) is 6.11. The van der Waals surface area contributed by atoms with Crippen LogP contribution in [-0.2, 0) is 43.6 Å². The average Bonchev–Trinajstić information content (AvgIpc) is 2.93. The number of hydroxylamine groups is 1. The maximum absolute atomic E-state index is 13.1. The van der Waals surface area contributed by atoms with Gasteiger partial charge in [0.15, 0.2) is 18.4 Å². The molecule has 0 spiro atoms. The van der Waals surface area contributed by atoms with E-state index in [1.165, 1.54) is 13.3 Å². The molecule has 0 radical (unpaired) electrons. The third kappa shape index (κ3) is 7.01. The van der Waals surface area contributed by atoms with Gasteiger partial charge >= 0.3 is 5.97 Å². The summed E-state index contributed by atoms with van der Waals surface area (Å²) in [6.45, 7) is 0.862. The van der Waals surface area contributed by atoms with E-state index in [2.05, 4.69) is 0 Å². The number of hydrogen-bond acceptors (Lipinski definition) is 6. The summed E-state index contributed by atoms with van der Waals surface area (Å²) >= 11 is 0. The number of carbonyl (C=O) groups is 1. The van der Waals surface area contributed by atoms with Gasteiger partial charge in [0.25, 0.3) is 0 Å². The highest BCUT2D eigenvalue weighted by Gasteiger charge is 2.47. The van der Waals surface area contributed by atoms with E-state index in [-0.39, 0.29) is 13.0 Å². The average molecular weight is 490 g/mol. The fraction of sp³-hybridized carbons (Fsp3) is 0.310. The molecule has 0 fully saturated rings. The second-order valence-electron chi connectivity index (χ2n) is 8.64. The van der Waals surface area contributed by atoms with Crippen LogP contribution in [0.5, 0.6) is 0 Å². The molecule has 7 heteroatoms. The number of methoxy groups -OCH3 is 1. The monoisotopic (exact) mass is 489 g/mol. The van der Waals surface area contributed by atoms with E-state index in [1.54, 1.807) is 0 Å². The van der Waals surface area contributed by atoms with Gasteiger partial charge in [0, 0.05) is 0 Å². The molecule has 0 aliphatic carbocycles. The number of carbonyl (C=O) groups excluding carboxylic acids is 1.